The van der Waals surface area contributed by atoms with Crippen molar-refractivity contribution in [2.45, 2.75) is 39.3 Å². The van der Waals surface area contributed by atoms with Crippen LogP contribution in [0.3, 0.4) is 0 Å². The first kappa shape index (κ1) is 14.6. The number of nitrogens with two attached hydrogens (primary N) is 1. The Morgan fingerprint density at radius 3 is 2.70 bits per heavy atom. The molecule has 20 heavy (non-hydrogen) atoms. The molecule has 2 rings (SSSR count). The first-order valence-electron chi connectivity index (χ1n) is 6.93. The largest absolute Gasteiger partial charge is 0.456 e. The summed E-state index contributed by atoms with van der Waals surface area (Å²) in [6, 6.07) is 7.67. The minimum atomic E-state index is -0.473. The molecule has 0 unspecified atom stereocenters. The number of fused-ring (bicyclic) bond motifs is 1. The van der Waals surface area contributed by atoms with Crippen LogP contribution in [0.1, 0.15) is 37.6 Å². The second-order valence-electron chi connectivity index (χ2n) is 5.93. The van der Waals surface area contributed by atoms with E-state index < -0.39 is 5.60 Å². The molecule has 0 atom stereocenters. The predicted octanol–water partition coefficient (Wildman–Crippen LogP) is 2.95. The molecule has 1 aromatic heterocycles. The molecule has 2 N–H and O–H groups in total. The zero-order chi connectivity index (χ0) is 14.8. The highest BCUT2D eigenvalue weighted by molar-refractivity contribution is 5.95. The van der Waals surface area contributed by atoms with Gasteiger partial charge in [-0.05, 0) is 58.0 Å². The quantitative estimate of drug-likeness (QED) is 0.872. The van der Waals surface area contributed by atoms with E-state index >= 15 is 0 Å². The highest BCUT2D eigenvalue weighted by Gasteiger charge is 2.18. The van der Waals surface area contributed by atoms with Gasteiger partial charge in [-0.15, -0.1) is 0 Å². The molecular formula is C16H22N2O2. The van der Waals surface area contributed by atoms with E-state index in [9.17, 15) is 4.79 Å². The van der Waals surface area contributed by atoms with E-state index in [-0.39, 0.29) is 5.97 Å². The van der Waals surface area contributed by atoms with Gasteiger partial charge in [0.1, 0.15) is 5.60 Å². The third-order valence-electron chi connectivity index (χ3n) is 3.01. The molecule has 2 aromatic rings. The van der Waals surface area contributed by atoms with E-state index in [1.807, 2.05) is 51.2 Å². The minimum Gasteiger partial charge on any atom is -0.456 e. The van der Waals surface area contributed by atoms with E-state index in [0.29, 0.717) is 12.1 Å². The molecule has 1 aromatic carbocycles. The first-order valence-corrected chi connectivity index (χ1v) is 6.93. The summed E-state index contributed by atoms with van der Waals surface area (Å²) in [5, 5.41) is 1.05. The van der Waals surface area contributed by atoms with Crippen molar-refractivity contribution in [3.63, 3.8) is 0 Å². The number of benzene rings is 1. The van der Waals surface area contributed by atoms with E-state index in [1.54, 1.807) is 0 Å². The Morgan fingerprint density at radius 1 is 1.30 bits per heavy atom. The second kappa shape index (κ2) is 5.67. The van der Waals surface area contributed by atoms with Crippen LogP contribution in [0.4, 0.5) is 0 Å². The lowest BCUT2D eigenvalue weighted by atomic mass is 10.1. The van der Waals surface area contributed by atoms with Gasteiger partial charge in [-0.2, -0.15) is 0 Å². The van der Waals surface area contributed by atoms with E-state index in [1.165, 1.54) is 0 Å². The Morgan fingerprint density at radius 2 is 2.05 bits per heavy atom. The van der Waals surface area contributed by atoms with Crippen LogP contribution in [0.5, 0.6) is 0 Å². The van der Waals surface area contributed by atoms with Crippen molar-refractivity contribution >= 4 is 16.9 Å². The molecule has 0 aliphatic carbocycles. The number of nitrogens with zero attached hydrogens (tertiary/aromatic N) is 1. The number of esters is 1. The number of carbonyl (C=O) groups is 1. The lowest BCUT2D eigenvalue weighted by Gasteiger charge is -2.19. The predicted molar refractivity (Wildman–Crippen MR) is 80.8 cm³/mol. The van der Waals surface area contributed by atoms with Crippen LogP contribution in [0.15, 0.2) is 30.5 Å². The number of rotatable bonds is 4. The molecular weight excluding hydrogens is 252 g/mol. The van der Waals surface area contributed by atoms with Crippen LogP contribution in [-0.2, 0) is 11.3 Å². The summed E-state index contributed by atoms with van der Waals surface area (Å²) in [5.41, 5.74) is 6.77. The van der Waals surface area contributed by atoms with Crippen molar-refractivity contribution in [1.29, 1.82) is 0 Å². The topological polar surface area (TPSA) is 57.2 Å². The Kier molecular flexibility index (Phi) is 4.14. The highest BCUT2D eigenvalue weighted by atomic mass is 16.6. The maximum absolute atomic E-state index is 12.0. The van der Waals surface area contributed by atoms with Crippen molar-refractivity contribution in [1.82, 2.24) is 4.57 Å². The Balaban J connectivity index is 2.24. The summed E-state index contributed by atoms with van der Waals surface area (Å²) in [6.07, 6.45) is 2.97. The monoisotopic (exact) mass is 274 g/mol. The van der Waals surface area contributed by atoms with Gasteiger partial charge in [-0.1, -0.05) is 0 Å². The molecule has 0 spiro atoms. The van der Waals surface area contributed by atoms with Crippen LogP contribution in [-0.4, -0.2) is 22.7 Å². The molecule has 0 aliphatic rings. The molecule has 108 valence electrons. The molecule has 0 radical (unpaired) electrons. The number of aryl methyl sites for hydroxylation is 1. The molecule has 0 fully saturated rings. The molecule has 0 aliphatic heterocycles. The number of hydrogen-bond acceptors (Lipinski definition) is 3. The van der Waals surface area contributed by atoms with Crippen molar-refractivity contribution in [2.24, 2.45) is 5.73 Å². The van der Waals surface area contributed by atoms with Crippen molar-refractivity contribution in [3.05, 3.63) is 36.0 Å². The van der Waals surface area contributed by atoms with Crippen molar-refractivity contribution in [3.8, 4) is 0 Å². The normalized spacial score (nSPS) is 11.8. The lowest BCUT2D eigenvalue weighted by molar-refractivity contribution is 0.00697. The smallest absolute Gasteiger partial charge is 0.338 e. The highest BCUT2D eigenvalue weighted by Crippen LogP contribution is 2.20. The zero-order valence-electron chi connectivity index (χ0n) is 12.3. The van der Waals surface area contributed by atoms with Gasteiger partial charge in [0.05, 0.1) is 5.56 Å². The third-order valence-corrected chi connectivity index (χ3v) is 3.01. The van der Waals surface area contributed by atoms with Gasteiger partial charge in [-0.25, -0.2) is 4.79 Å². The van der Waals surface area contributed by atoms with Gasteiger partial charge in [0.15, 0.2) is 0 Å². The number of carbonyl (C=O) groups excluding carboxylic acids is 1. The maximum Gasteiger partial charge on any atom is 0.338 e. The third kappa shape index (κ3) is 3.39. The van der Waals surface area contributed by atoms with Gasteiger partial charge in [-0.3, -0.25) is 0 Å². The standard InChI is InChI=1S/C16H22N2O2/c1-16(2,3)20-15(19)13-5-6-14-12(11-13)7-10-18(14)9-4-8-17/h5-7,10-11H,4,8-9,17H2,1-3H3. The van der Waals surface area contributed by atoms with Crippen LogP contribution in [0, 0.1) is 0 Å². The fraction of sp³-hybridized carbons (Fsp3) is 0.438. The molecule has 0 saturated heterocycles. The summed E-state index contributed by atoms with van der Waals surface area (Å²) in [7, 11) is 0. The summed E-state index contributed by atoms with van der Waals surface area (Å²) in [4.78, 5) is 12.0. The molecule has 0 saturated carbocycles. The SMILES string of the molecule is CC(C)(C)OC(=O)c1ccc2c(ccn2CCCN)c1. The van der Waals surface area contributed by atoms with Gasteiger partial charge in [0.25, 0.3) is 0 Å². The van der Waals surface area contributed by atoms with Gasteiger partial charge in [0, 0.05) is 23.6 Å². The fourth-order valence-corrected chi connectivity index (χ4v) is 2.12. The van der Waals surface area contributed by atoms with E-state index in [0.717, 1.165) is 23.9 Å². The van der Waals surface area contributed by atoms with Gasteiger partial charge in [0.2, 0.25) is 0 Å². The minimum absolute atomic E-state index is 0.283. The number of aromatic nitrogens is 1. The second-order valence-corrected chi connectivity index (χ2v) is 5.93. The Labute approximate surface area is 119 Å². The molecule has 4 heteroatoms. The first-order chi connectivity index (χ1) is 9.40. The van der Waals surface area contributed by atoms with Gasteiger partial charge < -0.3 is 15.0 Å². The van der Waals surface area contributed by atoms with Crippen molar-refractivity contribution < 1.29 is 9.53 Å². The maximum atomic E-state index is 12.0. The Bertz CT molecular complexity index is 608. The van der Waals surface area contributed by atoms with E-state index in [4.69, 9.17) is 10.5 Å². The zero-order valence-corrected chi connectivity index (χ0v) is 12.3. The summed E-state index contributed by atoms with van der Waals surface area (Å²) < 4.78 is 7.54. The summed E-state index contributed by atoms with van der Waals surface area (Å²) >= 11 is 0. The Hall–Kier alpha value is -1.81. The van der Waals surface area contributed by atoms with Gasteiger partial charge >= 0.3 is 5.97 Å². The van der Waals surface area contributed by atoms with Crippen LogP contribution < -0.4 is 5.73 Å². The molecule has 0 bridgehead atoms. The molecule has 0 amide bonds. The average molecular weight is 274 g/mol. The van der Waals surface area contributed by atoms with Crippen molar-refractivity contribution in [2.75, 3.05) is 6.54 Å². The summed E-state index contributed by atoms with van der Waals surface area (Å²) in [6.45, 7) is 7.17. The van der Waals surface area contributed by atoms with Crippen LogP contribution >= 0.6 is 0 Å². The number of ether oxygens (including phenoxy) is 1. The lowest BCUT2D eigenvalue weighted by Crippen LogP contribution is -2.23. The fourth-order valence-electron chi connectivity index (χ4n) is 2.12. The molecule has 1 heterocycles. The van der Waals surface area contributed by atoms with Crippen LogP contribution in [0.25, 0.3) is 10.9 Å². The summed E-state index contributed by atoms with van der Waals surface area (Å²) in [5.74, 6) is -0.283. The average Bonchev–Trinajstić information content (AvgIpc) is 2.76. The van der Waals surface area contributed by atoms with Crippen LogP contribution in [0.2, 0.25) is 0 Å². The number of hydrogen-bond donors (Lipinski definition) is 1. The molecule has 4 nitrogen and oxygen atoms in total. The van der Waals surface area contributed by atoms with E-state index in [2.05, 4.69) is 4.57 Å².